The van der Waals surface area contributed by atoms with Gasteiger partial charge in [-0.2, -0.15) is 0 Å². The van der Waals surface area contributed by atoms with Gasteiger partial charge in [0.1, 0.15) is 0 Å². The Morgan fingerprint density at radius 3 is 2.61 bits per heavy atom. The summed E-state index contributed by atoms with van der Waals surface area (Å²) >= 11 is 1.20. The quantitative estimate of drug-likeness (QED) is 0.581. The second-order valence-electron chi connectivity index (χ2n) is 6.98. The number of benzene rings is 2. The molecular weight excluding hydrogens is 438 g/mol. The van der Waals surface area contributed by atoms with Crippen LogP contribution in [0.5, 0.6) is 11.5 Å². The van der Waals surface area contributed by atoms with E-state index in [-0.39, 0.29) is 10.8 Å². The normalized spacial score (nSPS) is 16.4. The maximum absolute atomic E-state index is 12.9. The first-order chi connectivity index (χ1) is 14.9. The van der Waals surface area contributed by atoms with E-state index in [9.17, 15) is 13.2 Å². The van der Waals surface area contributed by atoms with Crippen molar-refractivity contribution >= 4 is 38.1 Å². The van der Waals surface area contributed by atoms with E-state index in [1.165, 1.54) is 29.7 Å². The molecule has 8 nitrogen and oxygen atoms in total. The van der Waals surface area contributed by atoms with Gasteiger partial charge in [0, 0.05) is 30.2 Å². The van der Waals surface area contributed by atoms with E-state index in [0.717, 1.165) is 5.56 Å². The topological polar surface area (TPSA) is 97.8 Å². The Morgan fingerprint density at radius 1 is 1.16 bits per heavy atom. The van der Waals surface area contributed by atoms with Crippen molar-refractivity contribution in [1.82, 2.24) is 4.98 Å². The number of aryl methyl sites for hydroxylation is 1. The van der Waals surface area contributed by atoms with Crippen molar-refractivity contribution < 1.29 is 22.7 Å². The van der Waals surface area contributed by atoms with Gasteiger partial charge in [0.15, 0.2) is 22.7 Å². The molecule has 1 aliphatic heterocycles. The number of hydrogen-bond acceptors (Lipinski definition) is 7. The van der Waals surface area contributed by atoms with Crippen molar-refractivity contribution in [1.29, 1.82) is 0 Å². The lowest BCUT2D eigenvalue weighted by Gasteiger charge is -2.18. The fourth-order valence-electron chi connectivity index (χ4n) is 3.30. The summed E-state index contributed by atoms with van der Waals surface area (Å²) in [5.41, 5.74) is 1.64. The Hall–Kier alpha value is -3.11. The lowest BCUT2D eigenvalue weighted by atomic mass is 10.2. The van der Waals surface area contributed by atoms with Crippen LogP contribution >= 0.6 is 11.3 Å². The summed E-state index contributed by atoms with van der Waals surface area (Å²) in [4.78, 5) is 18.5. The van der Waals surface area contributed by atoms with E-state index < -0.39 is 16.1 Å². The van der Waals surface area contributed by atoms with E-state index >= 15 is 0 Å². The maximum Gasteiger partial charge on any atom is 0.268 e. The highest BCUT2D eigenvalue weighted by Crippen LogP contribution is 2.32. The molecular formula is C21H21N3O5S2. The molecule has 1 saturated heterocycles. The molecule has 1 unspecified atom stereocenters. The first-order valence-corrected chi connectivity index (χ1v) is 11.9. The Labute approximate surface area is 184 Å². The lowest BCUT2D eigenvalue weighted by molar-refractivity contribution is -0.122. The van der Waals surface area contributed by atoms with E-state index in [1.807, 2.05) is 19.1 Å². The van der Waals surface area contributed by atoms with Crippen molar-refractivity contribution in [2.45, 2.75) is 24.3 Å². The summed E-state index contributed by atoms with van der Waals surface area (Å²) in [5, 5.41) is 1.98. The van der Waals surface area contributed by atoms with Crippen LogP contribution in [-0.4, -0.2) is 39.1 Å². The fourth-order valence-corrected chi connectivity index (χ4v) is 5.09. The molecule has 0 spiro atoms. The summed E-state index contributed by atoms with van der Waals surface area (Å²) in [7, 11) is -2.18. The number of thiazole rings is 1. The summed E-state index contributed by atoms with van der Waals surface area (Å²) in [6.07, 6.45) is 1.41. The molecule has 1 amide bonds. The number of hydrogen-bond donors (Lipinski definition) is 1. The highest BCUT2D eigenvalue weighted by Gasteiger charge is 2.35. The van der Waals surface area contributed by atoms with E-state index in [4.69, 9.17) is 9.47 Å². The van der Waals surface area contributed by atoms with Crippen molar-refractivity contribution in [3.8, 4) is 11.5 Å². The molecule has 1 fully saturated rings. The Kier molecular flexibility index (Phi) is 5.84. The van der Waals surface area contributed by atoms with Crippen LogP contribution < -0.4 is 19.1 Å². The van der Waals surface area contributed by atoms with Crippen LogP contribution in [0, 0.1) is 6.92 Å². The number of sulfonamides is 1. The van der Waals surface area contributed by atoms with Crippen molar-refractivity contribution in [2.24, 2.45) is 0 Å². The molecule has 0 saturated carbocycles. The summed E-state index contributed by atoms with van der Waals surface area (Å²) in [6.45, 7) is 2.42. The van der Waals surface area contributed by atoms with Crippen LogP contribution in [0.1, 0.15) is 12.0 Å². The van der Waals surface area contributed by atoms with Gasteiger partial charge in [-0.05, 0) is 48.9 Å². The standard InChI is InChI=1S/C21H21N3O5S2/c1-14-3-8-17(19(13-14)28-2)29-18-9-11-24(20(18)25)15-4-6-16(7-5-15)31(26,27)23-21-22-10-12-30-21/h3-8,10,12-13,18H,9,11H2,1-2H3,(H,22,23). The van der Waals surface area contributed by atoms with Gasteiger partial charge >= 0.3 is 0 Å². The van der Waals surface area contributed by atoms with E-state index in [1.54, 1.807) is 35.6 Å². The Balaban J connectivity index is 1.46. The van der Waals surface area contributed by atoms with Crippen LogP contribution in [0.3, 0.4) is 0 Å². The number of rotatable bonds is 7. The Bertz CT molecular complexity index is 1180. The smallest absolute Gasteiger partial charge is 0.268 e. The van der Waals surface area contributed by atoms with Crippen LogP contribution in [-0.2, 0) is 14.8 Å². The van der Waals surface area contributed by atoms with Gasteiger partial charge in [-0.3, -0.25) is 9.52 Å². The maximum atomic E-state index is 12.9. The van der Waals surface area contributed by atoms with E-state index in [2.05, 4.69) is 9.71 Å². The molecule has 31 heavy (non-hydrogen) atoms. The predicted molar refractivity (Wildman–Crippen MR) is 118 cm³/mol. The third-order valence-corrected chi connectivity index (χ3v) is 7.03. The van der Waals surface area contributed by atoms with Crippen molar-refractivity contribution in [3.63, 3.8) is 0 Å². The van der Waals surface area contributed by atoms with Crippen LogP contribution in [0.2, 0.25) is 0 Å². The van der Waals surface area contributed by atoms with Gasteiger partial charge in [-0.1, -0.05) is 6.07 Å². The SMILES string of the molecule is COc1cc(C)ccc1OC1CCN(c2ccc(S(=O)(=O)Nc3nccs3)cc2)C1=O. The number of amides is 1. The summed E-state index contributed by atoms with van der Waals surface area (Å²) in [5.74, 6) is 0.913. The van der Waals surface area contributed by atoms with Gasteiger partial charge in [0.05, 0.1) is 12.0 Å². The number of nitrogens with one attached hydrogen (secondary N) is 1. The minimum Gasteiger partial charge on any atom is -0.493 e. The molecule has 1 aliphatic rings. The lowest BCUT2D eigenvalue weighted by Crippen LogP contribution is -2.32. The third-order valence-electron chi connectivity index (χ3n) is 4.86. The molecule has 10 heteroatoms. The molecule has 2 heterocycles. The average molecular weight is 460 g/mol. The number of anilines is 2. The van der Waals surface area contributed by atoms with Gasteiger partial charge in [-0.15, -0.1) is 11.3 Å². The monoisotopic (exact) mass is 459 g/mol. The minimum atomic E-state index is -3.74. The second kappa shape index (κ2) is 8.56. The van der Waals surface area contributed by atoms with Crippen LogP contribution in [0.25, 0.3) is 0 Å². The molecule has 0 aliphatic carbocycles. The molecule has 162 valence electrons. The fraction of sp³-hybridized carbons (Fsp3) is 0.238. The Morgan fingerprint density at radius 2 is 1.94 bits per heavy atom. The number of ether oxygens (including phenoxy) is 2. The van der Waals surface area contributed by atoms with Gasteiger partial charge in [-0.25, -0.2) is 13.4 Å². The first-order valence-electron chi connectivity index (χ1n) is 9.52. The molecule has 4 rings (SSSR count). The zero-order valence-corrected chi connectivity index (χ0v) is 18.6. The number of nitrogens with zero attached hydrogens (tertiary/aromatic N) is 2. The number of aromatic nitrogens is 1. The molecule has 1 atom stereocenters. The molecule has 0 radical (unpaired) electrons. The van der Waals surface area contributed by atoms with Gasteiger partial charge in [0.2, 0.25) is 0 Å². The molecule has 3 aromatic rings. The molecule has 0 bridgehead atoms. The molecule has 1 N–H and O–H groups in total. The second-order valence-corrected chi connectivity index (χ2v) is 9.55. The largest absolute Gasteiger partial charge is 0.493 e. The molecule has 1 aromatic heterocycles. The summed E-state index contributed by atoms with van der Waals surface area (Å²) < 4.78 is 38.7. The van der Waals surface area contributed by atoms with Crippen molar-refractivity contribution in [3.05, 3.63) is 59.6 Å². The summed E-state index contributed by atoms with van der Waals surface area (Å²) in [6, 6.07) is 11.7. The van der Waals surface area contributed by atoms with E-state index in [0.29, 0.717) is 35.3 Å². The zero-order valence-electron chi connectivity index (χ0n) is 16.9. The number of carbonyl (C=O) groups excluding carboxylic acids is 1. The van der Waals surface area contributed by atoms with Crippen molar-refractivity contribution in [2.75, 3.05) is 23.3 Å². The van der Waals surface area contributed by atoms with Crippen LogP contribution in [0.4, 0.5) is 10.8 Å². The van der Waals surface area contributed by atoms with Gasteiger partial charge < -0.3 is 14.4 Å². The molecule has 2 aromatic carbocycles. The highest BCUT2D eigenvalue weighted by atomic mass is 32.2. The number of methoxy groups -OCH3 is 1. The average Bonchev–Trinajstić information content (AvgIpc) is 3.39. The first kappa shape index (κ1) is 21.1. The third kappa shape index (κ3) is 4.49. The van der Waals surface area contributed by atoms with Gasteiger partial charge in [0.25, 0.3) is 15.9 Å². The number of carbonyl (C=O) groups is 1. The van der Waals surface area contributed by atoms with Crippen LogP contribution in [0.15, 0.2) is 58.9 Å². The zero-order chi connectivity index (χ0) is 22.0. The highest BCUT2D eigenvalue weighted by molar-refractivity contribution is 7.93. The predicted octanol–water partition coefficient (Wildman–Crippen LogP) is 3.45. The minimum absolute atomic E-state index is 0.0929.